The molecule has 1 aromatic carbocycles. The zero-order valence-electron chi connectivity index (χ0n) is 9.81. The fraction of sp³-hybridized carbons (Fsp3) is 0.333. The lowest BCUT2D eigenvalue weighted by Crippen LogP contribution is -2.50. The van der Waals surface area contributed by atoms with Gasteiger partial charge in [-0.25, -0.2) is 0 Å². The molecule has 5 heteroatoms. The zero-order valence-corrected chi connectivity index (χ0v) is 9.81. The normalized spacial score (nSPS) is 15.7. The van der Waals surface area contributed by atoms with Crippen molar-refractivity contribution in [2.24, 2.45) is 5.73 Å². The van der Waals surface area contributed by atoms with Gasteiger partial charge in [-0.3, -0.25) is 9.59 Å². The summed E-state index contributed by atoms with van der Waals surface area (Å²) in [4.78, 5) is 22.6. The topological polar surface area (TPSA) is 92.4 Å². The molecule has 0 aliphatic carbocycles. The molecule has 0 aliphatic rings. The van der Waals surface area contributed by atoms with Crippen LogP contribution in [-0.4, -0.2) is 23.0 Å². The lowest BCUT2D eigenvalue weighted by atomic mass is 9.95. The van der Waals surface area contributed by atoms with Gasteiger partial charge in [0.1, 0.15) is 6.04 Å². The molecule has 2 atom stereocenters. The number of aliphatic hydroxyl groups is 1. The Labute approximate surface area is 99.6 Å². The van der Waals surface area contributed by atoms with Crippen molar-refractivity contribution in [3.63, 3.8) is 0 Å². The summed E-state index contributed by atoms with van der Waals surface area (Å²) in [6.07, 6.45) is 0. The first kappa shape index (κ1) is 13.2. The van der Waals surface area contributed by atoms with E-state index in [0.717, 1.165) is 0 Å². The molecule has 0 saturated heterocycles. The molecule has 0 saturated carbocycles. The molecule has 0 heterocycles. The highest BCUT2D eigenvalue weighted by Crippen LogP contribution is 2.20. The maximum absolute atomic E-state index is 11.8. The molecule has 0 unspecified atom stereocenters. The quantitative estimate of drug-likeness (QED) is 0.680. The van der Waals surface area contributed by atoms with Crippen LogP contribution in [0.15, 0.2) is 30.3 Å². The van der Waals surface area contributed by atoms with Crippen LogP contribution in [-0.2, 0) is 15.2 Å². The van der Waals surface area contributed by atoms with Gasteiger partial charge >= 0.3 is 0 Å². The van der Waals surface area contributed by atoms with Crippen molar-refractivity contribution < 1.29 is 14.7 Å². The summed E-state index contributed by atoms with van der Waals surface area (Å²) in [7, 11) is 0. The standard InChI is InChI=1S/C12H16N2O3/c1-8(10(13)15)14-11(16)12(2,17)9-6-4-3-5-7-9/h3-8,17H,1-2H3,(H2,13,15)(H,14,16)/t8-,12+/m0/s1. The van der Waals surface area contributed by atoms with Crippen LogP contribution in [0.2, 0.25) is 0 Å². The van der Waals surface area contributed by atoms with Crippen molar-refractivity contribution in [1.82, 2.24) is 5.32 Å². The SMILES string of the molecule is C[C@H](NC(=O)[C@](C)(O)c1ccccc1)C(N)=O. The molecule has 17 heavy (non-hydrogen) atoms. The average Bonchev–Trinajstić information content (AvgIpc) is 2.29. The second kappa shape index (κ2) is 4.97. The second-order valence-corrected chi connectivity index (χ2v) is 4.04. The molecule has 4 N–H and O–H groups in total. The minimum Gasteiger partial charge on any atom is -0.376 e. The molecular formula is C12H16N2O3. The van der Waals surface area contributed by atoms with E-state index in [-0.39, 0.29) is 0 Å². The van der Waals surface area contributed by atoms with Crippen molar-refractivity contribution in [2.75, 3.05) is 0 Å². The lowest BCUT2D eigenvalue weighted by molar-refractivity contribution is -0.141. The minimum atomic E-state index is -1.69. The maximum atomic E-state index is 11.8. The minimum absolute atomic E-state index is 0.453. The van der Waals surface area contributed by atoms with Crippen molar-refractivity contribution >= 4 is 11.8 Å². The second-order valence-electron chi connectivity index (χ2n) is 4.04. The molecule has 0 aromatic heterocycles. The molecular weight excluding hydrogens is 220 g/mol. The number of carbonyl (C=O) groups excluding carboxylic acids is 2. The van der Waals surface area contributed by atoms with E-state index in [1.54, 1.807) is 30.3 Å². The number of rotatable bonds is 4. The molecule has 1 aromatic rings. The molecule has 2 amide bonds. The van der Waals surface area contributed by atoms with E-state index in [4.69, 9.17) is 5.73 Å². The summed E-state index contributed by atoms with van der Waals surface area (Å²) >= 11 is 0. The number of carbonyl (C=O) groups is 2. The van der Waals surface area contributed by atoms with E-state index in [1.807, 2.05) is 0 Å². The summed E-state index contributed by atoms with van der Waals surface area (Å²) in [6, 6.07) is 7.66. The van der Waals surface area contributed by atoms with Gasteiger partial charge in [-0.05, 0) is 19.4 Å². The highest BCUT2D eigenvalue weighted by Gasteiger charge is 2.33. The van der Waals surface area contributed by atoms with Crippen LogP contribution in [0.5, 0.6) is 0 Å². The fourth-order valence-corrected chi connectivity index (χ4v) is 1.30. The number of amides is 2. The van der Waals surface area contributed by atoms with Gasteiger partial charge < -0.3 is 16.2 Å². The van der Waals surface area contributed by atoms with Crippen LogP contribution in [0.25, 0.3) is 0 Å². The van der Waals surface area contributed by atoms with Crippen molar-refractivity contribution in [3.8, 4) is 0 Å². The van der Waals surface area contributed by atoms with E-state index >= 15 is 0 Å². The van der Waals surface area contributed by atoms with Gasteiger partial charge in [0.05, 0.1) is 0 Å². The molecule has 5 nitrogen and oxygen atoms in total. The Balaban J connectivity index is 2.84. The van der Waals surface area contributed by atoms with Gasteiger partial charge in [0.25, 0.3) is 5.91 Å². The summed E-state index contributed by atoms with van der Waals surface area (Å²) in [5, 5.41) is 12.5. The Morgan fingerprint density at radius 1 is 1.35 bits per heavy atom. The molecule has 0 spiro atoms. The number of benzene rings is 1. The van der Waals surface area contributed by atoms with Crippen molar-refractivity contribution in [3.05, 3.63) is 35.9 Å². The summed E-state index contributed by atoms with van der Waals surface area (Å²) < 4.78 is 0. The number of nitrogens with one attached hydrogen (secondary N) is 1. The van der Waals surface area contributed by atoms with Gasteiger partial charge in [-0.2, -0.15) is 0 Å². The van der Waals surface area contributed by atoms with Crippen LogP contribution >= 0.6 is 0 Å². The van der Waals surface area contributed by atoms with E-state index in [1.165, 1.54) is 13.8 Å². The van der Waals surface area contributed by atoms with Gasteiger partial charge in [0.15, 0.2) is 5.60 Å². The third-order valence-electron chi connectivity index (χ3n) is 2.55. The zero-order chi connectivity index (χ0) is 13.1. The highest BCUT2D eigenvalue weighted by molar-refractivity contribution is 5.90. The first-order valence-corrected chi connectivity index (χ1v) is 5.24. The molecule has 0 bridgehead atoms. The Morgan fingerprint density at radius 3 is 2.35 bits per heavy atom. The van der Waals surface area contributed by atoms with Gasteiger partial charge in [0, 0.05) is 0 Å². The highest BCUT2D eigenvalue weighted by atomic mass is 16.3. The van der Waals surface area contributed by atoms with E-state index in [0.29, 0.717) is 5.56 Å². The van der Waals surface area contributed by atoms with Gasteiger partial charge in [0.2, 0.25) is 5.91 Å². The summed E-state index contributed by atoms with van der Waals surface area (Å²) in [5.41, 5.74) is 3.79. The first-order valence-electron chi connectivity index (χ1n) is 5.24. The van der Waals surface area contributed by atoms with Gasteiger partial charge in [-0.15, -0.1) is 0 Å². The monoisotopic (exact) mass is 236 g/mol. The number of hydrogen-bond acceptors (Lipinski definition) is 3. The van der Waals surface area contributed by atoms with Crippen LogP contribution < -0.4 is 11.1 Å². The summed E-state index contributed by atoms with van der Waals surface area (Å²) in [5.74, 6) is -1.31. The summed E-state index contributed by atoms with van der Waals surface area (Å²) in [6.45, 7) is 2.83. The number of hydrogen-bond donors (Lipinski definition) is 3. The van der Waals surface area contributed by atoms with E-state index in [9.17, 15) is 14.7 Å². The Hall–Kier alpha value is -1.88. The third kappa shape index (κ3) is 3.04. The van der Waals surface area contributed by atoms with Crippen LogP contribution in [0.1, 0.15) is 19.4 Å². The van der Waals surface area contributed by atoms with Crippen LogP contribution in [0.3, 0.4) is 0 Å². The van der Waals surface area contributed by atoms with Crippen LogP contribution in [0, 0.1) is 0 Å². The van der Waals surface area contributed by atoms with Crippen molar-refractivity contribution in [1.29, 1.82) is 0 Å². The predicted molar refractivity (Wildman–Crippen MR) is 62.8 cm³/mol. The van der Waals surface area contributed by atoms with Gasteiger partial charge in [-0.1, -0.05) is 30.3 Å². The van der Waals surface area contributed by atoms with Crippen molar-refractivity contribution in [2.45, 2.75) is 25.5 Å². The smallest absolute Gasteiger partial charge is 0.256 e. The molecule has 0 fully saturated rings. The van der Waals surface area contributed by atoms with E-state index in [2.05, 4.69) is 5.32 Å². The first-order chi connectivity index (χ1) is 7.85. The number of nitrogens with two attached hydrogens (primary N) is 1. The lowest BCUT2D eigenvalue weighted by Gasteiger charge is -2.24. The molecule has 0 aliphatic heterocycles. The maximum Gasteiger partial charge on any atom is 0.256 e. The Bertz CT molecular complexity index is 415. The van der Waals surface area contributed by atoms with Crippen LogP contribution in [0.4, 0.5) is 0 Å². The Kier molecular flexibility index (Phi) is 3.85. The molecule has 92 valence electrons. The number of primary amides is 1. The fourth-order valence-electron chi connectivity index (χ4n) is 1.30. The molecule has 0 radical (unpaired) electrons. The predicted octanol–water partition coefficient (Wildman–Crippen LogP) is -0.116. The largest absolute Gasteiger partial charge is 0.376 e. The van der Waals surface area contributed by atoms with E-state index < -0.39 is 23.5 Å². The Morgan fingerprint density at radius 2 is 1.88 bits per heavy atom. The molecule has 1 rings (SSSR count). The third-order valence-corrected chi connectivity index (χ3v) is 2.55. The average molecular weight is 236 g/mol.